The van der Waals surface area contributed by atoms with Crippen molar-refractivity contribution in [3.63, 3.8) is 0 Å². The Morgan fingerprint density at radius 1 is 1.46 bits per heavy atom. The number of aromatic nitrogens is 2. The van der Waals surface area contributed by atoms with Crippen LogP contribution in [0.2, 0.25) is 0 Å². The summed E-state index contributed by atoms with van der Waals surface area (Å²) in [6.45, 7) is 0. The molecule has 0 bridgehead atoms. The fraction of sp³-hybridized carbons (Fsp3) is 0.286. The molecule has 0 fully saturated rings. The summed E-state index contributed by atoms with van der Waals surface area (Å²) in [7, 11) is -3.29. The number of ketones is 1. The highest BCUT2D eigenvalue weighted by Gasteiger charge is 2.13. The summed E-state index contributed by atoms with van der Waals surface area (Å²) in [6.07, 6.45) is 5.00. The first-order chi connectivity index (χ1) is 5.99. The normalized spacial score (nSPS) is 11.2. The molecule has 0 spiro atoms. The third-order valence-electron chi connectivity index (χ3n) is 1.24. The Morgan fingerprint density at radius 2 is 2.15 bits per heavy atom. The summed E-state index contributed by atoms with van der Waals surface area (Å²) >= 11 is 0. The minimum Gasteiger partial charge on any atom is -0.291 e. The maximum atomic E-state index is 11.2. The van der Waals surface area contributed by atoms with Crippen LogP contribution in [0.4, 0.5) is 0 Å². The predicted molar refractivity (Wildman–Crippen MR) is 46.1 cm³/mol. The molecule has 1 aromatic heterocycles. The van der Waals surface area contributed by atoms with Gasteiger partial charge in [-0.25, -0.2) is 13.4 Å². The summed E-state index contributed by atoms with van der Waals surface area (Å²) in [4.78, 5) is 18.5. The summed E-state index contributed by atoms with van der Waals surface area (Å²) in [6, 6.07) is 0. The van der Waals surface area contributed by atoms with E-state index in [1.165, 1.54) is 18.6 Å². The van der Waals surface area contributed by atoms with Crippen LogP contribution in [-0.2, 0) is 9.84 Å². The number of carbonyl (C=O) groups excluding carboxylic acids is 1. The zero-order chi connectivity index (χ0) is 9.90. The number of hydrogen-bond acceptors (Lipinski definition) is 5. The van der Waals surface area contributed by atoms with Crippen molar-refractivity contribution in [3.05, 3.63) is 24.3 Å². The minimum atomic E-state index is -3.29. The van der Waals surface area contributed by atoms with Crippen molar-refractivity contribution in [1.82, 2.24) is 9.97 Å². The summed E-state index contributed by atoms with van der Waals surface area (Å²) in [5.41, 5.74) is 0.0768. The molecule has 0 aliphatic heterocycles. The Hall–Kier alpha value is -1.30. The molecular weight excluding hydrogens is 192 g/mol. The van der Waals surface area contributed by atoms with Crippen LogP contribution in [0.25, 0.3) is 0 Å². The Morgan fingerprint density at radius 3 is 2.62 bits per heavy atom. The van der Waals surface area contributed by atoms with Crippen molar-refractivity contribution in [2.24, 2.45) is 0 Å². The van der Waals surface area contributed by atoms with Crippen LogP contribution in [0.3, 0.4) is 0 Å². The lowest BCUT2D eigenvalue weighted by molar-refractivity contribution is 0.101. The zero-order valence-electron chi connectivity index (χ0n) is 6.97. The first-order valence-electron chi connectivity index (χ1n) is 3.46. The van der Waals surface area contributed by atoms with E-state index in [4.69, 9.17) is 0 Å². The molecule has 0 aromatic carbocycles. The van der Waals surface area contributed by atoms with E-state index in [0.29, 0.717) is 0 Å². The molecule has 0 saturated carbocycles. The van der Waals surface area contributed by atoms with E-state index in [-0.39, 0.29) is 5.69 Å². The van der Waals surface area contributed by atoms with Crippen molar-refractivity contribution in [2.75, 3.05) is 12.0 Å². The smallest absolute Gasteiger partial charge is 0.197 e. The van der Waals surface area contributed by atoms with Crippen LogP contribution in [0, 0.1) is 0 Å². The molecule has 13 heavy (non-hydrogen) atoms. The molecule has 1 heterocycles. The molecule has 0 saturated heterocycles. The van der Waals surface area contributed by atoms with Crippen LogP contribution in [0.15, 0.2) is 18.6 Å². The van der Waals surface area contributed by atoms with E-state index in [0.717, 1.165) is 6.26 Å². The fourth-order valence-corrected chi connectivity index (χ4v) is 1.38. The molecule has 6 heteroatoms. The predicted octanol–water partition coefficient (Wildman–Crippen LogP) is -0.296. The minimum absolute atomic E-state index is 0.0768. The average molecular weight is 200 g/mol. The molecule has 0 aliphatic carbocycles. The summed E-state index contributed by atoms with van der Waals surface area (Å²) in [5.74, 6) is -1.05. The van der Waals surface area contributed by atoms with Gasteiger partial charge in [0.2, 0.25) is 0 Å². The lowest BCUT2D eigenvalue weighted by Gasteiger charge is -1.96. The van der Waals surface area contributed by atoms with E-state index >= 15 is 0 Å². The van der Waals surface area contributed by atoms with E-state index in [2.05, 4.69) is 9.97 Å². The number of hydrogen-bond donors (Lipinski definition) is 0. The van der Waals surface area contributed by atoms with Gasteiger partial charge in [-0.3, -0.25) is 9.78 Å². The second-order valence-corrected chi connectivity index (χ2v) is 4.72. The molecule has 1 aromatic rings. The van der Waals surface area contributed by atoms with E-state index in [1.54, 1.807) is 0 Å². The molecule has 70 valence electrons. The van der Waals surface area contributed by atoms with Gasteiger partial charge in [-0.2, -0.15) is 0 Å². The second-order valence-electron chi connectivity index (χ2n) is 2.58. The van der Waals surface area contributed by atoms with Gasteiger partial charge >= 0.3 is 0 Å². The van der Waals surface area contributed by atoms with Crippen molar-refractivity contribution in [2.45, 2.75) is 0 Å². The lowest BCUT2D eigenvalue weighted by atomic mass is 10.3. The molecule has 0 aliphatic rings. The highest BCUT2D eigenvalue weighted by molar-refractivity contribution is 7.91. The standard InChI is InChI=1S/C7H8N2O3S/c1-13(11,12)5-7(10)6-4-8-2-3-9-6/h2-4H,5H2,1H3. The van der Waals surface area contributed by atoms with E-state index in [9.17, 15) is 13.2 Å². The largest absolute Gasteiger partial charge is 0.291 e. The van der Waals surface area contributed by atoms with Gasteiger partial charge in [-0.1, -0.05) is 0 Å². The van der Waals surface area contributed by atoms with Crippen LogP contribution in [0.5, 0.6) is 0 Å². The maximum absolute atomic E-state index is 11.2. The number of sulfone groups is 1. The molecular formula is C7H8N2O3S. The fourth-order valence-electron chi connectivity index (χ4n) is 0.755. The van der Waals surface area contributed by atoms with Gasteiger partial charge in [-0.15, -0.1) is 0 Å². The van der Waals surface area contributed by atoms with Crippen LogP contribution >= 0.6 is 0 Å². The molecule has 0 atom stereocenters. The Balaban J connectivity index is 2.82. The molecule has 0 N–H and O–H groups in total. The highest BCUT2D eigenvalue weighted by atomic mass is 32.2. The summed E-state index contributed by atoms with van der Waals surface area (Å²) in [5, 5.41) is 0. The number of carbonyl (C=O) groups is 1. The number of nitrogens with zero attached hydrogens (tertiary/aromatic N) is 2. The van der Waals surface area contributed by atoms with Crippen molar-refractivity contribution >= 4 is 15.6 Å². The zero-order valence-corrected chi connectivity index (χ0v) is 7.78. The summed E-state index contributed by atoms with van der Waals surface area (Å²) < 4.78 is 21.5. The average Bonchev–Trinajstić information content (AvgIpc) is 2.03. The molecule has 1 rings (SSSR count). The van der Waals surface area contributed by atoms with Gasteiger partial charge in [0, 0.05) is 18.6 Å². The molecule has 5 nitrogen and oxygen atoms in total. The Kier molecular flexibility index (Phi) is 2.72. The molecule has 0 unspecified atom stereocenters. The van der Waals surface area contributed by atoms with Gasteiger partial charge in [0.15, 0.2) is 15.6 Å². The first kappa shape index (κ1) is 9.79. The van der Waals surface area contributed by atoms with Crippen molar-refractivity contribution in [1.29, 1.82) is 0 Å². The number of Topliss-reactive ketones (excluding diaryl/α,β-unsaturated/α-hetero) is 1. The van der Waals surface area contributed by atoms with Crippen LogP contribution in [0.1, 0.15) is 10.5 Å². The van der Waals surface area contributed by atoms with Gasteiger partial charge in [-0.05, 0) is 0 Å². The second kappa shape index (κ2) is 3.61. The monoisotopic (exact) mass is 200 g/mol. The van der Waals surface area contributed by atoms with Gasteiger partial charge in [0.1, 0.15) is 11.4 Å². The topological polar surface area (TPSA) is 77.0 Å². The number of rotatable bonds is 3. The Labute approximate surface area is 75.8 Å². The van der Waals surface area contributed by atoms with Gasteiger partial charge in [0.05, 0.1) is 6.20 Å². The third kappa shape index (κ3) is 3.29. The third-order valence-corrected chi connectivity index (χ3v) is 2.03. The Bertz CT molecular complexity index is 399. The molecule has 0 radical (unpaired) electrons. The quantitative estimate of drug-likeness (QED) is 0.626. The van der Waals surface area contributed by atoms with Gasteiger partial charge in [0.25, 0.3) is 0 Å². The molecule has 0 amide bonds. The first-order valence-corrected chi connectivity index (χ1v) is 5.52. The van der Waals surface area contributed by atoms with E-state index < -0.39 is 21.4 Å². The van der Waals surface area contributed by atoms with E-state index in [1.807, 2.05) is 0 Å². The van der Waals surface area contributed by atoms with Crippen molar-refractivity contribution < 1.29 is 13.2 Å². The van der Waals surface area contributed by atoms with Crippen molar-refractivity contribution in [3.8, 4) is 0 Å². The lowest BCUT2D eigenvalue weighted by Crippen LogP contribution is -2.15. The maximum Gasteiger partial charge on any atom is 0.197 e. The van der Waals surface area contributed by atoms with Crippen LogP contribution < -0.4 is 0 Å². The SMILES string of the molecule is CS(=O)(=O)CC(=O)c1cnccn1. The van der Waals surface area contributed by atoms with Gasteiger partial charge < -0.3 is 0 Å². The highest BCUT2D eigenvalue weighted by Crippen LogP contribution is 1.95. The van der Waals surface area contributed by atoms with Crippen LogP contribution in [-0.4, -0.2) is 36.2 Å².